The lowest BCUT2D eigenvalue weighted by atomic mass is 10.1. The Kier molecular flexibility index (Phi) is 6.21. The molecule has 2 N–H and O–H groups in total. The summed E-state index contributed by atoms with van der Waals surface area (Å²) < 4.78 is 5.28. The van der Waals surface area contributed by atoms with E-state index in [1.165, 1.54) is 0 Å². The molecule has 19 heavy (non-hydrogen) atoms. The van der Waals surface area contributed by atoms with Gasteiger partial charge >= 0.3 is 0 Å². The first-order chi connectivity index (χ1) is 9.00. The van der Waals surface area contributed by atoms with Crippen LogP contribution < -0.4 is 5.32 Å². The van der Waals surface area contributed by atoms with Crippen molar-refractivity contribution in [3.05, 3.63) is 17.5 Å². The Labute approximate surface area is 112 Å². The molecular weight excluding hydrogens is 246 g/mol. The van der Waals surface area contributed by atoms with Crippen LogP contribution in [0.5, 0.6) is 0 Å². The van der Waals surface area contributed by atoms with Crippen molar-refractivity contribution >= 4 is 11.7 Å². The molecule has 6 heteroatoms. The Balaban J connectivity index is 2.08. The van der Waals surface area contributed by atoms with E-state index in [0.29, 0.717) is 31.9 Å². The monoisotopic (exact) mass is 267 g/mol. The van der Waals surface area contributed by atoms with Crippen LogP contribution in [0.15, 0.2) is 6.07 Å². The Bertz CT molecular complexity index is 427. The van der Waals surface area contributed by atoms with E-state index in [-0.39, 0.29) is 17.6 Å². The van der Waals surface area contributed by atoms with Gasteiger partial charge in [-0.2, -0.15) is 5.10 Å². The van der Waals surface area contributed by atoms with Crippen LogP contribution in [-0.4, -0.2) is 41.6 Å². The average Bonchev–Trinajstić information content (AvgIpc) is 2.79. The van der Waals surface area contributed by atoms with Gasteiger partial charge in [-0.25, -0.2) is 0 Å². The van der Waals surface area contributed by atoms with Crippen LogP contribution in [0.3, 0.4) is 0 Å². The van der Waals surface area contributed by atoms with Crippen molar-refractivity contribution in [2.45, 2.75) is 27.2 Å². The van der Waals surface area contributed by atoms with Gasteiger partial charge < -0.3 is 10.1 Å². The number of ketones is 1. The van der Waals surface area contributed by atoms with E-state index in [2.05, 4.69) is 15.5 Å². The summed E-state index contributed by atoms with van der Waals surface area (Å²) in [5.41, 5.74) is 1.21. The number of nitrogens with one attached hydrogen (secondary N) is 2. The number of hydrogen-bond acceptors (Lipinski definition) is 4. The Morgan fingerprint density at radius 2 is 2.16 bits per heavy atom. The number of aromatic amines is 1. The number of carbonyl (C=O) groups is 2. The van der Waals surface area contributed by atoms with Crippen LogP contribution in [0.4, 0.5) is 0 Å². The predicted octanol–water partition coefficient (Wildman–Crippen LogP) is 1.08. The molecule has 0 aliphatic rings. The van der Waals surface area contributed by atoms with E-state index >= 15 is 0 Å². The predicted molar refractivity (Wildman–Crippen MR) is 70.9 cm³/mol. The SMILES string of the molecule is Cc1cc(C(=O)NCCOCCC(=O)C(C)C)n[nH]1. The zero-order valence-corrected chi connectivity index (χ0v) is 11.7. The summed E-state index contributed by atoms with van der Waals surface area (Å²) in [6, 6.07) is 1.68. The second-order valence-corrected chi connectivity index (χ2v) is 4.68. The van der Waals surface area contributed by atoms with Crippen molar-refractivity contribution in [3.8, 4) is 0 Å². The average molecular weight is 267 g/mol. The molecular formula is C13H21N3O3. The minimum Gasteiger partial charge on any atom is -0.379 e. The van der Waals surface area contributed by atoms with Crippen LogP contribution in [0.2, 0.25) is 0 Å². The van der Waals surface area contributed by atoms with E-state index in [1.54, 1.807) is 6.07 Å². The van der Waals surface area contributed by atoms with E-state index in [9.17, 15) is 9.59 Å². The van der Waals surface area contributed by atoms with Gasteiger partial charge in [-0.15, -0.1) is 0 Å². The highest BCUT2D eigenvalue weighted by Crippen LogP contribution is 1.99. The Morgan fingerprint density at radius 3 is 2.74 bits per heavy atom. The molecule has 1 aromatic heterocycles. The van der Waals surface area contributed by atoms with Crippen LogP contribution in [0.1, 0.15) is 36.5 Å². The van der Waals surface area contributed by atoms with Gasteiger partial charge in [0.15, 0.2) is 0 Å². The fourth-order valence-electron chi connectivity index (χ4n) is 1.43. The number of nitrogens with zero attached hydrogens (tertiary/aromatic N) is 1. The molecule has 1 rings (SSSR count). The second kappa shape index (κ2) is 7.68. The third-order valence-corrected chi connectivity index (χ3v) is 2.61. The molecule has 0 radical (unpaired) electrons. The molecule has 0 aliphatic heterocycles. The van der Waals surface area contributed by atoms with Gasteiger partial charge in [0, 0.05) is 24.6 Å². The van der Waals surface area contributed by atoms with Crippen molar-refractivity contribution < 1.29 is 14.3 Å². The standard InChI is InChI=1S/C13H21N3O3/c1-9(2)12(17)4-6-19-7-5-14-13(18)11-8-10(3)15-16-11/h8-9H,4-7H2,1-3H3,(H,14,18)(H,15,16). The summed E-state index contributed by atoms with van der Waals surface area (Å²) in [7, 11) is 0. The minimum absolute atomic E-state index is 0.0474. The van der Waals surface area contributed by atoms with E-state index < -0.39 is 0 Å². The summed E-state index contributed by atoms with van der Waals surface area (Å²) in [6.45, 7) is 6.76. The lowest BCUT2D eigenvalue weighted by Crippen LogP contribution is -2.27. The molecule has 6 nitrogen and oxygen atoms in total. The molecule has 0 aliphatic carbocycles. The topological polar surface area (TPSA) is 84.1 Å². The molecule has 106 valence electrons. The molecule has 0 unspecified atom stereocenters. The molecule has 0 bridgehead atoms. The maximum atomic E-state index is 11.6. The fourth-order valence-corrected chi connectivity index (χ4v) is 1.43. The number of ether oxygens (including phenoxy) is 1. The first kappa shape index (κ1) is 15.4. The number of rotatable bonds is 8. The van der Waals surface area contributed by atoms with Crippen LogP contribution in [0.25, 0.3) is 0 Å². The van der Waals surface area contributed by atoms with Crippen LogP contribution in [-0.2, 0) is 9.53 Å². The van der Waals surface area contributed by atoms with Gasteiger partial charge in [-0.3, -0.25) is 14.7 Å². The van der Waals surface area contributed by atoms with Gasteiger partial charge in [0.05, 0.1) is 13.2 Å². The van der Waals surface area contributed by atoms with E-state index in [4.69, 9.17) is 4.74 Å². The molecule has 0 fully saturated rings. The summed E-state index contributed by atoms with van der Waals surface area (Å²) in [6.07, 6.45) is 0.421. The van der Waals surface area contributed by atoms with Crippen LogP contribution in [0, 0.1) is 12.8 Å². The third-order valence-electron chi connectivity index (χ3n) is 2.61. The molecule has 0 saturated heterocycles. The highest BCUT2D eigenvalue weighted by atomic mass is 16.5. The van der Waals surface area contributed by atoms with Gasteiger partial charge in [0.2, 0.25) is 0 Å². The minimum atomic E-state index is -0.230. The molecule has 0 spiro atoms. The molecule has 0 saturated carbocycles. The molecule has 1 amide bonds. The van der Waals surface area contributed by atoms with Crippen molar-refractivity contribution in [1.29, 1.82) is 0 Å². The van der Waals surface area contributed by atoms with Crippen LogP contribution >= 0.6 is 0 Å². The lowest BCUT2D eigenvalue weighted by molar-refractivity contribution is -0.122. The lowest BCUT2D eigenvalue weighted by Gasteiger charge is -2.06. The number of Topliss-reactive ketones (excluding diaryl/α,β-unsaturated/α-hetero) is 1. The quantitative estimate of drug-likeness (QED) is 0.690. The van der Waals surface area contributed by atoms with E-state index in [1.807, 2.05) is 20.8 Å². The van der Waals surface area contributed by atoms with Crippen molar-refractivity contribution in [3.63, 3.8) is 0 Å². The van der Waals surface area contributed by atoms with Gasteiger partial charge in [-0.05, 0) is 13.0 Å². The fraction of sp³-hybridized carbons (Fsp3) is 0.615. The number of amides is 1. The van der Waals surface area contributed by atoms with Gasteiger partial charge in [-0.1, -0.05) is 13.8 Å². The number of aryl methyl sites for hydroxylation is 1. The Morgan fingerprint density at radius 1 is 1.42 bits per heavy atom. The second-order valence-electron chi connectivity index (χ2n) is 4.68. The Hall–Kier alpha value is -1.69. The first-order valence-electron chi connectivity index (χ1n) is 6.41. The maximum Gasteiger partial charge on any atom is 0.271 e. The van der Waals surface area contributed by atoms with Crippen molar-refractivity contribution in [2.24, 2.45) is 5.92 Å². The largest absolute Gasteiger partial charge is 0.379 e. The van der Waals surface area contributed by atoms with E-state index in [0.717, 1.165) is 5.69 Å². The maximum absolute atomic E-state index is 11.6. The van der Waals surface area contributed by atoms with Crippen molar-refractivity contribution in [2.75, 3.05) is 19.8 Å². The molecule has 0 aromatic carbocycles. The summed E-state index contributed by atoms with van der Waals surface area (Å²) in [4.78, 5) is 22.9. The highest BCUT2D eigenvalue weighted by Gasteiger charge is 2.08. The van der Waals surface area contributed by atoms with Crippen molar-refractivity contribution in [1.82, 2.24) is 15.5 Å². The molecule has 0 atom stereocenters. The van der Waals surface area contributed by atoms with Gasteiger partial charge in [0.1, 0.15) is 11.5 Å². The summed E-state index contributed by atoms with van der Waals surface area (Å²) >= 11 is 0. The normalized spacial score (nSPS) is 10.7. The first-order valence-corrected chi connectivity index (χ1v) is 6.41. The molecule has 1 heterocycles. The zero-order chi connectivity index (χ0) is 14.3. The third kappa shape index (κ3) is 5.65. The summed E-state index contributed by atoms with van der Waals surface area (Å²) in [5, 5.41) is 9.25. The zero-order valence-electron chi connectivity index (χ0n) is 11.7. The highest BCUT2D eigenvalue weighted by molar-refractivity contribution is 5.92. The number of H-pyrrole nitrogens is 1. The smallest absolute Gasteiger partial charge is 0.271 e. The van der Waals surface area contributed by atoms with Gasteiger partial charge in [0.25, 0.3) is 5.91 Å². The number of hydrogen-bond donors (Lipinski definition) is 2. The molecule has 1 aromatic rings. The number of aromatic nitrogens is 2. The summed E-state index contributed by atoms with van der Waals surface area (Å²) in [5.74, 6) is 0.00782. The number of carbonyl (C=O) groups excluding carboxylic acids is 2.